The molecule has 2 N–H and O–H groups in total. The van der Waals surface area contributed by atoms with Crippen LogP contribution in [0.15, 0.2) is 42.6 Å². The SMILES string of the molecule is CC(=O)c1cn(CC(=O)N2[C@H](C(=O)NCc3cccc(Cl)c3F)C[C@@H]3CCCC[C@@H]32)c2cc(O)ccc12. The Morgan fingerprint density at radius 1 is 1.16 bits per heavy atom. The predicted molar refractivity (Wildman–Crippen MR) is 138 cm³/mol. The molecule has 0 radical (unpaired) electrons. The van der Waals surface area contributed by atoms with E-state index < -0.39 is 11.9 Å². The molecule has 0 bridgehead atoms. The third-order valence-electron chi connectivity index (χ3n) is 7.71. The number of ketones is 1. The molecule has 1 saturated carbocycles. The number of Topliss-reactive ketones (excluding diaryl/α,β-unsaturated/α-hetero) is 1. The number of nitrogens with one attached hydrogen (secondary N) is 1. The fraction of sp³-hybridized carbons (Fsp3) is 0.393. The zero-order valence-corrected chi connectivity index (χ0v) is 21.3. The van der Waals surface area contributed by atoms with E-state index in [0.29, 0.717) is 22.9 Å². The number of phenolic OH excluding ortho intramolecular Hbond substituents is 1. The van der Waals surface area contributed by atoms with Gasteiger partial charge in [-0.15, -0.1) is 0 Å². The highest BCUT2D eigenvalue weighted by atomic mass is 35.5. The molecule has 1 aromatic heterocycles. The highest BCUT2D eigenvalue weighted by Crippen LogP contribution is 2.40. The monoisotopic (exact) mass is 525 g/mol. The van der Waals surface area contributed by atoms with Gasteiger partial charge < -0.3 is 19.9 Å². The predicted octanol–water partition coefficient (Wildman–Crippen LogP) is 4.82. The summed E-state index contributed by atoms with van der Waals surface area (Å²) in [5.41, 5.74) is 1.33. The smallest absolute Gasteiger partial charge is 0.243 e. The standard InChI is InChI=1S/C28H29ClFN3O4/c1-16(34)21-14-32(24-12-19(35)9-10-20(21)24)15-26(36)33-23-8-3-2-5-17(23)11-25(33)28(37)31-13-18-6-4-7-22(29)27(18)30/h4,6-7,9-10,12,14,17,23,25,35H,2-3,5,8,11,13,15H2,1H3,(H,31,37)/t17-,23-,25-/m0/s1. The molecule has 37 heavy (non-hydrogen) atoms. The third-order valence-corrected chi connectivity index (χ3v) is 8.01. The Balaban J connectivity index is 1.40. The second kappa shape index (κ2) is 10.2. The number of aromatic hydroxyl groups is 1. The van der Waals surface area contributed by atoms with Crippen molar-refractivity contribution in [1.29, 1.82) is 0 Å². The molecular formula is C28H29ClFN3O4. The van der Waals surface area contributed by atoms with Crippen molar-refractivity contribution < 1.29 is 23.9 Å². The van der Waals surface area contributed by atoms with Gasteiger partial charge in [-0.3, -0.25) is 14.4 Å². The van der Waals surface area contributed by atoms with Gasteiger partial charge in [0.1, 0.15) is 24.2 Å². The van der Waals surface area contributed by atoms with Crippen molar-refractivity contribution in [3.8, 4) is 5.75 Å². The fourth-order valence-electron chi connectivity index (χ4n) is 5.96. The zero-order chi connectivity index (χ0) is 26.3. The molecule has 5 rings (SSSR count). The number of hydrogen-bond acceptors (Lipinski definition) is 4. The lowest BCUT2D eigenvalue weighted by molar-refractivity contribution is -0.141. The van der Waals surface area contributed by atoms with Gasteiger partial charge in [0, 0.05) is 41.4 Å². The van der Waals surface area contributed by atoms with Crippen molar-refractivity contribution in [2.45, 2.75) is 64.2 Å². The van der Waals surface area contributed by atoms with Crippen molar-refractivity contribution in [2.75, 3.05) is 0 Å². The number of rotatable bonds is 6. The van der Waals surface area contributed by atoms with Gasteiger partial charge in [0.05, 0.1) is 10.5 Å². The minimum Gasteiger partial charge on any atom is -0.508 e. The molecule has 3 aromatic rings. The number of hydrogen-bond donors (Lipinski definition) is 2. The van der Waals surface area contributed by atoms with Gasteiger partial charge in [-0.05, 0) is 50.3 Å². The average molecular weight is 526 g/mol. The summed E-state index contributed by atoms with van der Waals surface area (Å²) in [6, 6.07) is 8.66. The molecule has 2 fully saturated rings. The van der Waals surface area contributed by atoms with E-state index in [1.54, 1.807) is 33.9 Å². The molecule has 0 spiro atoms. The van der Waals surface area contributed by atoms with Crippen molar-refractivity contribution in [3.63, 3.8) is 0 Å². The van der Waals surface area contributed by atoms with Crippen molar-refractivity contribution in [3.05, 3.63) is 64.6 Å². The van der Waals surface area contributed by atoms with Crippen LogP contribution in [0.5, 0.6) is 5.75 Å². The Hall–Kier alpha value is -3.39. The van der Waals surface area contributed by atoms with E-state index in [-0.39, 0.29) is 59.0 Å². The molecule has 194 valence electrons. The van der Waals surface area contributed by atoms with Crippen molar-refractivity contribution in [1.82, 2.24) is 14.8 Å². The first-order chi connectivity index (χ1) is 17.7. The first-order valence-electron chi connectivity index (χ1n) is 12.6. The number of nitrogens with zero attached hydrogens (tertiary/aromatic N) is 2. The zero-order valence-electron chi connectivity index (χ0n) is 20.5. The number of amides is 2. The second-order valence-electron chi connectivity index (χ2n) is 10.0. The number of carbonyl (C=O) groups is 3. The van der Waals surface area contributed by atoms with E-state index in [0.717, 1.165) is 25.7 Å². The van der Waals surface area contributed by atoms with E-state index in [9.17, 15) is 23.9 Å². The molecule has 1 aliphatic heterocycles. The molecule has 7 nitrogen and oxygen atoms in total. The maximum absolute atomic E-state index is 14.3. The topological polar surface area (TPSA) is 91.6 Å². The lowest BCUT2D eigenvalue weighted by Gasteiger charge is -2.34. The van der Waals surface area contributed by atoms with Crippen molar-refractivity contribution in [2.24, 2.45) is 5.92 Å². The van der Waals surface area contributed by atoms with Crippen LogP contribution in [0.3, 0.4) is 0 Å². The highest BCUT2D eigenvalue weighted by molar-refractivity contribution is 6.30. The lowest BCUT2D eigenvalue weighted by atomic mass is 9.84. The molecule has 0 unspecified atom stereocenters. The van der Waals surface area contributed by atoms with Crippen LogP contribution in [0.1, 0.15) is 54.9 Å². The Morgan fingerprint density at radius 2 is 1.95 bits per heavy atom. The number of phenols is 1. The summed E-state index contributed by atoms with van der Waals surface area (Å²) in [6.07, 6.45) is 6.03. The number of fused-ring (bicyclic) bond motifs is 2. The second-order valence-corrected chi connectivity index (χ2v) is 10.4. The Kier molecular flexibility index (Phi) is 6.94. The first kappa shape index (κ1) is 25.3. The van der Waals surface area contributed by atoms with Gasteiger partial charge in [0.2, 0.25) is 11.8 Å². The number of halogens is 2. The summed E-state index contributed by atoms with van der Waals surface area (Å²) in [7, 11) is 0. The molecule has 1 aliphatic carbocycles. The minimum atomic E-state index is -0.662. The van der Waals surface area contributed by atoms with Crippen molar-refractivity contribution >= 4 is 40.1 Å². The van der Waals surface area contributed by atoms with Gasteiger partial charge >= 0.3 is 0 Å². The van der Waals surface area contributed by atoms with Crippen LogP contribution in [-0.4, -0.2) is 44.3 Å². The Bertz CT molecular complexity index is 1390. The summed E-state index contributed by atoms with van der Waals surface area (Å²) in [4.78, 5) is 41.0. The van der Waals surface area contributed by atoms with Gasteiger partial charge in [-0.25, -0.2) is 4.39 Å². The van der Waals surface area contributed by atoms with E-state index in [4.69, 9.17) is 11.6 Å². The van der Waals surface area contributed by atoms with Crippen LogP contribution in [0, 0.1) is 11.7 Å². The summed E-state index contributed by atoms with van der Waals surface area (Å²) in [5.74, 6) is -0.981. The van der Waals surface area contributed by atoms with Gasteiger partial charge in [-0.2, -0.15) is 0 Å². The molecule has 2 amide bonds. The van der Waals surface area contributed by atoms with Crippen LogP contribution in [0.25, 0.3) is 10.9 Å². The van der Waals surface area contributed by atoms with E-state index >= 15 is 0 Å². The Morgan fingerprint density at radius 3 is 2.73 bits per heavy atom. The molecule has 2 aliphatic rings. The van der Waals surface area contributed by atoms with E-state index in [1.807, 2.05) is 0 Å². The highest BCUT2D eigenvalue weighted by Gasteiger charge is 2.47. The van der Waals surface area contributed by atoms with Crippen LogP contribution >= 0.6 is 11.6 Å². The van der Waals surface area contributed by atoms with Crippen LogP contribution in [0.2, 0.25) is 5.02 Å². The molecule has 9 heteroatoms. The number of aromatic nitrogens is 1. The summed E-state index contributed by atoms with van der Waals surface area (Å²) >= 11 is 5.87. The average Bonchev–Trinajstić information content (AvgIpc) is 3.43. The number of carbonyl (C=O) groups excluding carboxylic acids is 3. The number of benzene rings is 2. The maximum atomic E-state index is 14.3. The molecule has 2 aromatic carbocycles. The van der Waals surface area contributed by atoms with E-state index in [1.165, 1.54) is 25.1 Å². The third kappa shape index (κ3) is 4.82. The summed E-state index contributed by atoms with van der Waals surface area (Å²) in [6.45, 7) is 1.37. The summed E-state index contributed by atoms with van der Waals surface area (Å²) < 4.78 is 16.0. The molecule has 2 heterocycles. The lowest BCUT2D eigenvalue weighted by Crippen LogP contribution is -2.50. The number of likely N-dealkylation sites (tertiary alicyclic amines) is 1. The largest absolute Gasteiger partial charge is 0.508 e. The quantitative estimate of drug-likeness (QED) is 0.451. The van der Waals surface area contributed by atoms with Crippen LogP contribution in [-0.2, 0) is 22.7 Å². The molecular weight excluding hydrogens is 497 g/mol. The summed E-state index contributed by atoms with van der Waals surface area (Å²) in [5, 5.41) is 13.5. The van der Waals surface area contributed by atoms with Crippen LogP contribution < -0.4 is 5.32 Å². The fourth-order valence-corrected chi connectivity index (χ4v) is 6.15. The first-order valence-corrected chi connectivity index (χ1v) is 13.0. The van der Waals surface area contributed by atoms with Gasteiger partial charge in [-0.1, -0.05) is 36.6 Å². The minimum absolute atomic E-state index is 0.00893. The van der Waals surface area contributed by atoms with Gasteiger partial charge in [0.15, 0.2) is 5.78 Å². The van der Waals surface area contributed by atoms with Crippen LogP contribution in [0.4, 0.5) is 4.39 Å². The maximum Gasteiger partial charge on any atom is 0.243 e. The van der Waals surface area contributed by atoms with Gasteiger partial charge in [0.25, 0.3) is 0 Å². The Labute approximate surface area is 219 Å². The normalized spacial score (nSPS) is 21.2. The molecule has 1 saturated heterocycles. The van der Waals surface area contributed by atoms with E-state index in [2.05, 4.69) is 5.32 Å². The molecule has 3 atom stereocenters.